The van der Waals surface area contributed by atoms with E-state index >= 15 is 0 Å². The number of esters is 1. The number of nitrogens with zero attached hydrogens (tertiary/aromatic N) is 1. The van der Waals surface area contributed by atoms with Crippen molar-refractivity contribution in [1.82, 2.24) is 5.32 Å². The number of nitriles is 1. The molecule has 0 aromatic heterocycles. The topological polar surface area (TPSA) is 115 Å². The van der Waals surface area contributed by atoms with E-state index in [0.717, 1.165) is 5.56 Å². The van der Waals surface area contributed by atoms with Gasteiger partial charge in [-0.1, -0.05) is 36.4 Å². The first-order valence-corrected chi connectivity index (χ1v) is 8.63. The number of nitrogens with one attached hydrogen (secondary N) is 1. The first-order valence-electron chi connectivity index (χ1n) is 8.63. The summed E-state index contributed by atoms with van der Waals surface area (Å²) in [5.41, 5.74) is -0.484. The van der Waals surface area contributed by atoms with Crippen molar-refractivity contribution in [2.75, 3.05) is 13.9 Å². The summed E-state index contributed by atoms with van der Waals surface area (Å²) in [4.78, 5) is 35.9. The maximum absolute atomic E-state index is 12.3. The maximum Gasteiger partial charge on any atom is 0.308 e. The van der Waals surface area contributed by atoms with Crippen LogP contribution in [0, 0.1) is 17.2 Å². The lowest BCUT2D eigenvalue weighted by molar-refractivity contribution is -0.152. The van der Waals surface area contributed by atoms with E-state index in [1.165, 1.54) is 26.2 Å². The van der Waals surface area contributed by atoms with Gasteiger partial charge in [-0.15, -0.1) is 0 Å². The van der Waals surface area contributed by atoms with Gasteiger partial charge in [0.15, 0.2) is 5.78 Å². The normalized spacial score (nSPS) is 23.7. The van der Waals surface area contributed by atoms with Crippen molar-refractivity contribution in [2.24, 2.45) is 5.92 Å². The molecule has 1 amide bonds. The van der Waals surface area contributed by atoms with E-state index < -0.39 is 35.2 Å². The second-order valence-electron chi connectivity index (χ2n) is 6.36. The quantitative estimate of drug-likeness (QED) is 0.406. The van der Waals surface area contributed by atoms with Crippen LogP contribution in [0.4, 0.5) is 0 Å². The van der Waals surface area contributed by atoms with Gasteiger partial charge in [-0.2, -0.15) is 5.26 Å². The number of carbonyl (C=O) groups is 3. The Morgan fingerprint density at radius 3 is 2.61 bits per heavy atom. The summed E-state index contributed by atoms with van der Waals surface area (Å²) < 4.78 is 15.6. The molecule has 8 heteroatoms. The minimum absolute atomic E-state index is 0.230. The number of amides is 1. The van der Waals surface area contributed by atoms with Crippen LogP contribution in [0.15, 0.2) is 42.5 Å². The Labute approximate surface area is 163 Å². The highest BCUT2D eigenvalue weighted by Gasteiger charge is 2.49. The van der Waals surface area contributed by atoms with Crippen LogP contribution >= 0.6 is 0 Å². The van der Waals surface area contributed by atoms with Gasteiger partial charge in [-0.25, -0.2) is 0 Å². The van der Waals surface area contributed by atoms with Crippen LogP contribution in [0.25, 0.3) is 0 Å². The Kier molecular flexibility index (Phi) is 7.44. The molecule has 0 radical (unpaired) electrons. The summed E-state index contributed by atoms with van der Waals surface area (Å²) in [6.07, 6.45) is 1.05. The number of hydrogen-bond donors (Lipinski definition) is 1. The van der Waals surface area contributed by atoms with Gasteiger partial charge in [-0.05, 0) is 11.6 Å². The SMILES string of the molecule is COC(=O)C[C@]1(NC(C)=O)C=CC(=O)[C@H](OCOCc2ccccc2)[C@@H]1C#N. The highest BCUT2D eigenvalue weighted by Crippen LogP contribution is 2.32. The van der Waals surface area contributed by atoms with Crippen molar-refractivity contribution < 1.29 is 28.6 Å². The molecule has 2 rings (SSSR count). The van der Waals surface area contributed by atoms with Crippen molar-refractivity contribution >= 4 is 17.7 Å². The zero-order valence-corrected chi connectivity index (χ0v) is 15.7. The highest BCUT2D eigenvalue weighted by atomic mass is 16.7. The maximum atomic E-state index is 12.3. The Hall–Kier alpha value is -3.02. The smallest absolute Gasteiger partial charge is 0.308 e. The zero-order valence-electron chi connectivity index (χ0n) is 15.7. The number of carbonyl (C=O) groups excluding carboxylic acids is 3. The van der Waals surface area contributed by atoms with Crippen molar-refractivity contribution in [3.8, 4) is 6.07 Å². The molecule has 3 atom stereocenters. The lowest BCUT2D eigenvalue weighted by atomic mass is 9.73. The Morgan fingerprint density at radius 2 is 2.00 bits per heavy atom. The molecule has 28 heavy (non-hydrogen) atoms. The monoisotopic (exact) mass is 386 g/mol. The van der Waals surface area contributed by atoms with E-state index in [2.05, 4.69) is 10.1 Å². The standard InChI is InChI=1S/C20H22N2O6/c1-14(23)22-20(10-18(25)26-2)9-8-17(24)19(16(20)11-21)28-13-27-12-15-6-4-3-5-7-15/h3-9,16,19H,10,12-13H2,1-2H3,(H,22,23)/t16-,19+,20+/m0/s1. The van der Waals surface area contributed by atoms with Crippen LogP contribution in [0.5, 0.6) is 0 Å². The van der Waals surface area contributed by atoms with Crippen molar-refractivity contribution in [1.29, 1.82) is 5.26 Å². The largest absolute Gasteiger partial charge is 0.469 e. The molecule has 0 saturated carbocycles. The molecule has 0 aliphatic heterocycles. The summed E-state index contributed by atoms with van der Waals surface area (Å²) in [5, 5.41) is 12.3. The van der Waals surface area contributed by atoms with Gasteiger partial charge in [0, 0.05) is 6.92 Å². The predicted molar refractivity (Wildman–Crippen MR) is 97.4 cm³/mol. The molecule has 1 N–H and O–H groups in total. The van der Waals surface area contributed by atoms with Crippen molar-refractivity contribution in [2.45, 2.75) is 31.6 Å². The molecule has 0 heterocycles. The van der Waals surface area contributed by atoms with E-state index in [-0.39, 0.29) is 19.8 Å². The van der Waals surface area contributed by atoms with Gasteiger partial charge in [0.25, 0.3) is 0 Å². The molecule has 1 aromatic rings. The molecule has 0 unspecified atom stereocenters. The molecule has 1 aromatic carbocycles. The fraction of sp³-hybridized carbons (Fsp3) is 0.400. The number of ether oxygens (including phenoxy) is 3. The third-order valence-electron chi connectivity index (χ3n) is 4.34. The first kappa shape index (κ1) is 21.3. The molecule has 0 fully saturated rings. The summed E-state index contributed by atoms with van der Waals surface area (Å²) in [6.45, 7) is 1.30. The number of hydrogen-bond acceptors (Lipinski definition) is 7. The van der Waals surface area contributed by atoms with Gasteiger partial charge < -0.3 is 19.5 Å². The first-order chi connectivity index (χ1) is 13.4. The fourth-order valence-corrected chi connectivity index (χ4v) is 3.05. The Morgan fingerprint density at radius 1 is 1.29 bits per heavy atom. The predicted octanol–water partition coefficient (Wildman–Crippen LogP) is 1.26. The Bertz CT molecular complexity index is 786. The summed E-state index contributed by atoms with van der Waals surface area (Å²) in [5.74, 6) is -2.66. The lowest BCUT2D eigenvalue weighted by Crippen LogP contribution is -2.59. The summed E-state index contributed by atoms with van der Waals surface area (Å²) in [6, 6.07) is 11.4. The summed E-state index contributed by atoms with van der Waals surface area (Å²) >= 11 is 0. The average molecular weight is 386 g/mol. The van der Waals surface area contributed by atoms with E-state index in [0.29, 0.717) is 0 Å². The second kappa shape index (κ2) is 9.78. The number of methoxy groups -OCH3 is 1. The molecular weight excluding hydrogens is 364 g/mol. The van der Waals surface area contributed by atoms with Crippen LogP contribution in [0.1, 0.15) is 18.9 Å². The van der Waals surface area contributed by atoms with E-state index in [1.807, 2.05) is 36.4 Å². The van der Waals surface area contributed by atoms with Gasteiger partial charge >= 0.3 is 5.97 Å². The number of ketones is 1. The van der Waals surface area contributed by atoms with Gasteiger partial charge in [-0.3, -0.25) is 14.4 Å². The van der Waals surface area contributed by atoms with E-state index in [1.54, 1.807) is 0 Å². The minimum atomic E-state index is -1.41. The lowest BCUT2D eigenvalue weighted by Gasteiger charge is -2.40. The third kappa shape index (κ3) is 5.25. The van der Waals surface area contributed by atoms with Crippen LogP contribution in [-0.4, -0.2) is 43.2 Å². The van der Waals surface area contributed by atoms with Gasteiger partial charge in [0.1, 0.15) is 18.8 Å². The average Bonchev–Trinajstić information content (AvgIpc) is 2.68. The second-order valence-corrected chi connectivity index (χ2v) is 6.36. The summed E-state index contributed by atoms with van der Waals surface area (Å²) in [7, 11) is 1.20. The highest BCUT2D eigenvalue weighted by molar-refractivity contribution is 5.96. The van der Waals surface area contributed by atoms with E-state index in [9.17, 15) is 19.6 Å². The molecule has 0 saturated heterocycles. The van der Waals surface area contributed by atoms with Crippen molar-refractivity contribution in [3.63, 3.8) is 0 Å². The number of benzene rings is 1. The van der Waals surface area contributed by atoms with Crippen LogP contribution < -0.4 is 5.32 Å². The van der Waals surface area contributed by atoms with Gasteiger partial charge in [0.2, 0.25) is 5.91 Å². The van der Waals surface area contributed by atoms with Crippen LogP contribution in [0.3, 0.4) is 0 Å². The van der Waals surface area contributed by atoms with Crippen LogP contribution in [0.2, 0.25) is 0 Å². The minimum Gasteiger partial charge on any atom is -0.469 e. The molecule has 1 aliphatic carbocycles. The fourth-order valence-electron chi connectivity index (χ4n) is 3.05. The molecular formula is C20H22N2O6. The third-order valence-corrected chi connectivity index (χ3v) is 4.34. The van der Waals surface area contributed by atoms with E-state index in [4.69, 9.17) is 9.47 Å². The number of rotatable bonds is 8. The molecule has 1 aliphatic rings. The van der Waals surface area contributed by atoms with Gasteiger partial charge in [0.05, 0.1) is 31.7 Å². The molecule has 148 valence electrons. The van der Waals surface area contributed by atoms with Crippen molar-refractivity contribution in [3.05, 3.63) is 48.0 Å². The zero-order chi connectivity index (χ0) is 20.6. The van der Waals surface area contributed by atoms with Crippen LogP contribution in [-0.2, 0) is 35.2 Å². The molecule has 8 nitrogen and oxygen atoms in total. The Balaban J connectivity index is 2.13. The molecule has 0 bridgehead atoms. The molecule has 0 spiro atoms.